The van der Waals surface area contributed by atoms with Crippen LogP contribution in [0.2, 0.25) is 0 Å². The molecule has 2 amide bonds. The molecule has 0 saturated carbocycles. The van der Waals surface area contributed by atoms with Crippen LogP contribution in [0.4, 0.5) is 0 Å². The van der Waals surface area contributed by atoms with E-state index in [2.05, 4.69) is 5.32 Å². The Bertz CT molecular complexity index is 416. The van der Waals surface area contributed by atoms with E-state index in [1.165, 1.54) is 11.3 Å². The first-order valence-corrected chi connectivity index (χ1v) is 7.27. The summed E-state index contributed by atoms with van der Waals surface area (Å²) in [6, 6.07) is 2.38. The number of carbonyl (C=O) groups is 2. The Morgan fingerprint density at radius 2 is 2.05 bits per heavy atom. The molecule has 0 spiro atoms. The van der Waals surface area contributed by atoms with Gasteiger partial charge < -0.3 is 16.0 Å². The van der Waals surface area contributed by atoms with Gasteiger partial charge in [-0.2, -0.15) is 0 Å². The van der Waals surface area contributed by atoms with Gasteiger partial charge in [0.1, 0.15) is 12.1 Å². The van der Waals surface area contributed by atoms with Crippen LogP contribution < -0.4 is 11.1 Å². The highest BCUT2D eigenvalue weighted by atomic mass is 32.1. The van der Waals surface area contributed by atoms with E-state index in [0.717, 1.165) is 4.88 Å². The van der Waals surface area contributed by atoms with Gasteiger partial charge in [0.05, 0.1) is 0 Å². The van der Waals surface area contributed by atoms with Gasteiger partial charge in [-0.15, -0.1) is 11.3 Å². The van der Waals surface area contributed by atoms with Gasteiger partial charge in [-0.05, 0) is 32.2 Å². The molecule has 2 atom stereocenters. The van der Waals surface area contributed by atoms with Crippen LogP contribution in [0.5, 0.6) is 0 Å². The van der Waals surface area contributed by atoms with Gasteiger partial charge in [0.25, 0.3) is 0 Å². The summed E-state index contributed by atoms with van der Waals surface area (Å²) in [6.07, 6.45) is 0. The average molecular weight is 283 g/mol. The van der Waals surface area contributed by atoms with E-state index in [4.69, 9.17) is 5.73 Å². The summed E-state index contributed by atoms with van der Waals surface area (Å²) in [7, 11) is 0. The molecule has 0 aromatic carbocycles. The first kappa shape index (κ1) is 15.7. The Morgan fingerprint density at radius 1 is 1.42 bits per heavy atom. The molecule has 1 aromatic heterocycles. The molecule has 6 heteroatoms. The topological polar surface area (TPSA) is 75.4 Å². The molecule has 5 nitrogen and oxygen atoms in total. The standard InChI is InChI=1S/C13H21N3O2S/c1-4-16(5-2)13(18)9(3)15-12(17)11(14)10-7-6-8-19-10/h6-9,11H,4-5,14H2,1-3H3,(H,15,17). The molecular formula is C13H21N3O2S. The summed E-state index contributed by atoms with van der Waals surface area (Å²) in [6.45, 7) is 6.76. The third-order valence-corrected chi connectivity index (χ3v) is 3.89. The number of amides is 2. The number of carbonyl (C=O) groups excluding carboxylic acids is 2. The average Bonchev–Trinajstić information content (AvgIpc) is 2.92. The van der Waals surface area contributed by atoms with Crippen molar-refractivity contribution >= 4 is 23.2 Å². The summed E-state index contributed by atoms with van der Waals surface area (Å²) >= 11 is 1.43. The normalized spacial score (nSPS) is 13.7. The summed E-state index contributed by atoms with van der Waals surface area (Å²) in [4.78, 5) is 26.5. The van der Waals surface area contributed by atoms with Crippen molar-refractivity contribution in [3.05, 3.63) is 22.4 Å². The van der Waals surface area contributed by atoms with Crippen LogP contribution in [0.1, 0.15) is 31.7 Å². The van der Waals surface area contributed by atoms with Crippen molar-refractivity contribution in [2.45, 2.75) is 32.9 Å². The highest BCUT2D eigenvalue weighted by Crippen LogP contribution is 2.16. The highest BCUT2D eigenvalue weighted by Gasteiger charge is 2.23. The first-order valence-electron chi connectivity index (χ1n) is 6.39. The van der Waals surface area contributed by atoms with Gasteiger partial charge in [-0.3, -0.25) is 9.59 Å². The van der Waals surface area contributed by atoms with Gasteiger partial charge in [0.15, 0.2) is 0 Å². The highest BCUT2D eigenvalue weighted by molar-refractivity contribution is 7.10. The van der Waals surface area contributed by atoms with Crippen LogP contribution in [0, 0.1) is 0 Å². The molecule has 1 aromatic rings. The van der Waals surface area contributed by atoms with Crippen molar-refractivity contribution in [3.8, 4) is 0 Å². The Hall–Kier alpha value is -1.40. The van der Waals surface area contributed by atoms with Gasteiger partial charge in [0, 0.05) is 18.0 Å². The monoisotopic (exact) mass is 283 g/mol. The second kappa shape index (κ2) is 7.25. The summed E-state index contributed by atoms with van der Waals surface area (Å²) < 4.78 is 0. The third-order valence-electron chi connectivity index (χ3n) is 2.94. The number of likely N-dealkylation sites (N-methyl/N-ethyl adjacent to an activating group) is 1. The maximum atomic E-state index is 12.0. The minimum Gasteiger partial charge on any atom is -0.343 e. The molecule has 0 aliphatic rings. The van der Waals surface area contributed by atoms with Crippen molar-refractivity contribution in [1.82, 2.24) is 10.2 Å². The number of hydrogen-bond donors (Lipinski definition) is 2. The van der Waals surface area contributed by atoms with E-state index in [1.54, 1.807) is 11.8 Å². The smallest absolute Gasteiger partial charge is 0.244 e. The second-order valence-electron chi connectivity index (χ2n) is 4.23. The molecule has 1 rings (SSSR count). The van der Waals surface area contributed by atoms with Gasteiger partial charge in [-0.25, -0.2) is 0 Å². The second-order valence-corrected chi connectivity index (χ2v) is 5.21. The molecule has 19 heavy (non-hydrogen) atoms. The lowest BCUT2D eigenvalue weighted by Gasteiger charge is -2.24. The Morgan fingerprint density at radius 3 is 2.53 bits per heavy atom. The predicted molar refractivity (Wildman–Crippen MR) is 76.8 cm³/mol. The van der Waals surface area contributed by atoms with Crippen LogP contribution in [-0.4, -0.2) is 35.8 Å². The van der Waals surface area contributed by atoms with E-state index >= 15 is 0 Å². The van der Waals surface area contributed by atoms with E-state index in [-0.39, 0.29) is 11.8 Å². The van der Waals surface area contributed by atoms with E-state index in [0.29, 0.717) is 13.1 Å². The molecule has 0 saturated heterocycles. The molecule has 3 N–H and O–H groups in total. The minimum atomic E-state index is -0.716. The number of rotatable bonds is 6. The molecule has 0 fully saturated rings. The number of nitrogens with zero attached hydrogens (tertiary/aromatic N) is 1. The van der Waals surface area contributed by atoms with Crippen LogP contribution >= 0.6 is 11.3 Å². The van der Waals surface area contributed by atoms with Gasteiger partial charge >= 0.3 is 0 Å². The first-order chi connectivity index (χ1) is 9.01. The third kappa shape index (κ3) is 4.04. The van der Waals surface area contributed by atoms with Crippen molar-refractivity contribution in [2.75, 3.05) is 13.1 Å². The molecule has 0 bridgehead atoms. The Kier molecular flexibility index (Phi) is 5.98. The van der Waals surface area contributed by atoms with Crippen LogP contribution in [0.3, 0.4) is 0 Å². The fraction of sp³-hybridized carbons (Fsp3) is 0.538. The number of nitrogens with one attached hydrogen (secondary N) is 1. The van der Waals surface area contributed by atoms with Crippen molar-refractivity contribution < 1.29 is 9.59 Å². The predicted octanol–water partition coefficient (Wildman–Crippen LogP) is 1.12. The summed E-state index contributed by atoms with van der Waals surface area (Å²) in [5.74, 6) is -0.410. The lowest BCUT2D eigenvalue weighted by Crippen LogP contribution is -2.48. The van der Waals surface area contributed by atoms with Crippen LogP contribution in [0.25, 0.3) is 0 Å². The lowest BCUT2D eigenvalue weighted by molar-refractivity contribution is -0.136. The maximum absolute atomic E-state index is 12.0. The van der Waals surface area contributed by atoms with Crippen molar-refractivity contribution in [3.63, 3.8) is 0 Å². The molecule has 2 unspecified atom stereocenters. The fourth-order valence-electron chi connectivity index (χ4n) is 1.77. The Balaban J connectivity index is 2.59. The Labute approximate surface area is 117 Å². The molecule has 106 valence electrons. The molecule has 0 radical (unpaired) electrons. The SMILES string of the molecule is CCN(CC)C(=O)C(C)NC(=O)C(N)c1cccs1. The minimum absolute atomic E-state index is 0.0864. The molecule has 1 heterocycles. The van der Waals surface area contributed by atoms with Crippen LogP contribution in [0.15, 0.2) is 17.5 Å². The summed E-state index contributed by atoms with van der Waals surface area (Å²) in [5.41, 5.74) is 5.85. The maximum Gasteiger partial charge on any atom is 0.244 e. The molecule has 0 aliphatic heterocycles. The lowest BCUT2D eigenvalue weighted by atomic mass is 10.2. The van der Waals surface area contributed by atoms with Gasteiger partial charge in [0.2, 0.25) is 11.8 Å². The zero-order valence-electron chi connectivity index (χ0n) is 11.6. The fourth-order valence-corrected chi connectivity index (χ4v) is 2.50. The largest absolute Gasteiger partial charge is 0.343 e. The van der Waals surface area contributed by atoms with Gasteiger partial charge in [-0.1, -0.05) is 6.07 Å². The van der Waals surface area contributed by atoms with Crippen molar-refractivity contribution in [2.24, 2.45) is 5.73 Å². The van der Waals surface area contributed by atoms with Crippen LogP contribution in [-0.2, 0) is 9.59 Å². The quantitative estimate of drug-likeness (QED) is 0.821. The van der Waals surface area contributed by atoms with E-state index in [1.807, 2.05) is 31.4 Å². The number of hydrogen-bond acceptors (Lipinski definition) is 4. The summed E-state index contributed by atoms with van der Waals surface area (Å²) in [5, 5.41) is 4.54. The number of thiophene rings is 1. The zero-order chi connectivity index (χ0) is 14.4. The molecule has 0 aliphatic carbocycles. The van der Waals surface area contributed by atoms with E-state index < -0.39 is 12.1 Å². The molecular weight excluding hydrogens is 262 g/mol. The zero-order valence-corrected chi connectivity index (χ0v) is 12.4. The van der Waals surface area contributed by atoms with E-state index in [9.17, 15) is 9.59 Å². The number of nitrogens with two attached hydrogens (primary N) is 1. The van der Waals surface area contributed by atoms with Crippen molar-refractivity contribution in [1.29, 1.82) is 0 Å².